The van der Waals surface area contributed by atoms with E-state index in [1.165, 1.54) is 12.8 Å². The molecule has 0 aromatic carbocycles. The van der Waals surface area contributed by atoms with Crippen LogP contribution >= 0.6 is 0 Å². The molecule has 0 aromatic rings. The van der Waals surface area contributed by atoms with E-state index in [0.717, 1.165) is 12.8 Å². The molecule has 1 aliphatic rings. The van der Waals surface area contributed by atoms with Crippen LogP contribution in [-0.4, -0.2) is 38.3 Å². The lowest BCUT2D eigenvalue weighted by molar-refractivity contribution is -0.120. The zero-order valence-corrected chi connectivity index (χ0v) is 9.71. The van der Waals surface area contributed by atoms with Gasteiger partial charge in [0.25, 0.3) is 0 Å². The summed E-state index contributed by atoms with van der Waals surface area (Å²) in [5.41, 5.74) is 0. The predicted molar refractivity (Wildman–Crippen MR) is 59.7 cm³/mol. The van der Waals surface area contributed by atoms with Gasteiger partial charge in [0.2, 0.25) is 5.91 Å². The highest BCUT2D eigenvalue weighted by Crippen LogP contribution is 2.17. The minimum Gasteiger partial charge on any atom is -0.380 e. The van der Waals surface area contributed by atoms with E-state index in [4.69, 9.17) is 4.74 Å². The van der Waals surface area contributed by atoms with E-state index in [1.807, 2.05) is 6.92 Å². The Morgan fingerprint density at radius 1 is 1.47 bits per heavy atom. The predicted octanol–water partition coefficient (Wildman–Crippen LogP) is 0.670. The number of amides is 1. The first-order valence-corrected chi connectivity index (χ1v) is 5.75. The first kappa shape index (κ1) is 12.5. The van der Waals surface area contributed by atoms with E-state index in [0.29, 0.717) is 19.1 Å². The summed E-state index contributed by atoms with van der Waals surface area (Å²) in [6.45, 7) is 3.08. The Balaban J connectivity index is 2.02. The standard InChI is InChI=1S/C11H22N2O2/c1-9(15-2)7-12-8-11(14)13-10-5-3-4-6-10/h9-10,12H,3-8H2,1-2H3,(H,13,14). The van der Waals surface area contributed by atoms with E-state index >= 15 is 0 Å². The first-order chi connectivity index (χ1) is 7.22. The van der Waals surface area contributed by atoms with Gasteiger partial charge >= 0.3 is 0 Å². The Labute approximate surface area is 91.8 Å². The molecule has 4 nitrogen and oxygen atoms in total. The quantitative estimate of drug-likeness (QED) is 0.683. The fourth-order valence-electron chi connectivity index (χ4n) is 1.82. The van der Waals surface area contributed by atoms with Gasteiger partial charge in [-0.3, -0.25) is 4.79 Å². The van der Waals surface area contributed by atoms with Crippen LogP contribution in [0.5, 0.6) is 0 Å². The van der Waals surface area contributed by atoms with Gasteiger partial charge in [0.15, 0.2) is 0 Å². The van der Waals surface area contributed by atoms with E-state index in [2.05, 4.69) is 10.6 Å². The molecule has 0 heterocycles. The lowest BCUT2D eigenvalue weighted by atomic mass is 10.2. The zero-order chi connectivity index (χ0) is 11.1. The van der Waals surface area contributed by atoms with E-state index in [1.54, 1.807) is 7.11 Å². The summed E-state index contributed by atoms with van der Waals surface area (Å²) in [5.74, 6) is 0.102. The molecular weight excluding hydrogens is 192 g/mol. The van der Waals surface area contributed by atoms with Gasteiger partial charge in [-0.25, -0.2) is 0 Å². The van der Waals surface area contributed by atoms with Crippen molar-refractivity contribution in [2.75, 3.05) is 20.2 Å². The Morgan fingerprint density at radius 2 is 2.13 bits per heavy atom. The van der Waals surface area contributed by atoms with Crippen LogP contribution in [0.4, 0.5) is 0 Å². The third kappa shape index (κ3) is 5.14. The molecule has 1 atom stereocenters. The van der Waals surface area contributed by atoms with Crippen LogP contribution in [0.3, 0.4) is 0 Å². The van der Waals surface area contributed by atoms with Crippen molar-refractivity contribution >= 4 is 5.91 Å². The van der Waals surface area contributed by atoms with Gasteiger partial charge in [-0.05, 0) is 19.8 Å². The first-order valence-electron chi connectivity index (χ1n) is 5.75. The van der Waals surface area contributed by atoms with Crippen molar-refractivity contribution in [3.05, 3.63) is 0 Å². The van der Waals surface area contributed by atoms with Gasteiger partial charge in [-0.15, -0.1) is 0 Å². The maximum absolute atomic E-state index is 11.5. The fraction of sp³-hybridized carbons (Fsp3) is 0.909. The SMILES string of the molecule is COC(C)CNCC(=O)NC1CCCC1. The molecule has 0 bridgehead atoms. The van der Waals surface area contributed by atoms with E-state index < -0.39 is 0 Å². The Morgan fingerprint density at radius 3 is 2.73 bits per heavy atom. The molecule has 1 amide bonds. The van der Waals surface area contributed by atoms with Crippen LogP contribution in [0, 0.1) is 0 Å². The second kappa shape index (κ2) is 6.80. The molecule has 0 saturated heterocycles. The second-order valence-corrected chi connectivity index (χ2v) is 4.23. The monoisotopic (exact) mass is 214 g/mol. The van der Waals surface area contributed by atoms with Gasteiger partial charge in [-0.2, -0.15) is 0 Å². The lowest BCUT2D eigenvalue weighted by Crippen LogP contribution is -2.40. The molecule has 15 heavy (non-hydrogen) atoms. The molecule has 1 fully saturated rings. The zero-order valence-electron chi connectivity index (χ0n) is 9.71. The van der Waals surface area contributed by atoms with E-state index in [9.17, 15) is 4.79 Å². The summed E-state index contributed by atoms with van der Waals surface area (Å²) in [6.07, 6.45) is 4.93. The van der Waals surface area contributed by atoms with Crippen LogP contribution < -0.4 is 10.6 Å². The highest BCUT2D eigenvalue weighted by Gasteiger charge is 2.16. The van der Waals surface area contributed by atoms with Crippen molar-refractivity contribution < 1.29 is 9.53 Å². The number of hydrogen-bond donors (Lipinski definition) is 2. The van der Waals surface area contributed by atoms with Crippen molar-refractivity contribution in [3.63, 3.8) is 0 Å². The summed E-state index contributed by atoms with van der Waals surface area (Å²) < 4.78 is 5.07. The minimum absolute atomic E-state index is 0.102. The minimum atomic E-state index is 0.102. The van der Waals surface area contributed by atoms with Crippen molar-refractivity contribution in [2.24, 2.45) is 0 Å². The van der Waals surface area contributed by atoms with Crippen LogP contribution in [0.1, 0.15) is 32.6 Å². The summed E-state index contributed by atoms with van der Waals surface area (Å²) >= 11 is 0. The van der Waals surface area contributed by atoms with Gasteiger partial charge in [0, 0.05) is 19.7 Å². The number of carbonyl (C=O) groups is 1. The molecule has 1 rings (SSSR count). The topological polar surface area (TPSA) is 50.4 Å². The summed E-state index contributed by atoms with van der Waals surface area (Å²) in [4.78, 5) is 11.5. The van der Waals surface area contributed by atoms with Crippen LogP contribution in [0.15, 0.2) is 0 Å². The molecule has 0 radical (unpaired) electrons. The molecular formula is C11H22N2O2. The number of ether oxygens (including phenoxy) is 1. The third-order valence-electron chi connectivity index (χ3n) is 2.84. The average molecular weight is 214 g/mol. The molecule has 4 heteroatoms. The number of carbonyl (C=O) groups excluding carboxylic acids is 1. The maximum atomic E-state index is 11.5. The number of hydrogen-bond acceptors (Lipinski definition) is 3. The lowest BCUT2D eigenvalue weighted by Gasteiger charge is -2.13. The molecule has 1 saturated carbocycles. The highest BCUT2D eigenvalue weighted by molar-refractivity contribution is 5.78. The van der Waals surface area contributed by atoms with Gasteiger partial charge < -0.3 is 15.4 Å². The van der Waals surface area contributed by atoms with Gasteiger partial charge in [-0.1, -0.05) is 12.8 Å². The Hall–Kier alpha value is -0.610. The summed E-state index contributed by atoms with van der Waals surface area (Å²) in [7, 11) is 1.67. The Kier molecular flexibility index (Phi) is 5.65. The van der Waals surface area contributed by atoms with Crippen LogP contribution in [-0.2, 0) is 9.53 Å². The molecule has 2 N–H and O–H groups in total. The smallest absolute Gasteiger partial charge is 0.234 e. The van der Waals surface area contributed by atoms with Gasteiger partial charge in [0.1, 0.15) is 0 Å². The maximum Gasteiger partial charge on any atom is 0.234 e. The third-order valence-corrected chi connectivity index (χ3v) is 2.84. The Bertz CT molecular complexity index is 191. The van der Waals surface area contributed by atoms with Gasteiger partial charge in [0.05, 0.1) is 12.6 Å². The molecule has 1 unspecified atom stereocenters. The highest BCUT2D eigenvalue weighted by atomic mass is 16.5. The molecule has 0 aliphatic heterocycles. The second-order valence-electron chi connectivity index (χ2n) is 4.23. The van der Waals surface area contributed by atoms with Crippen LogP contribution in [0.2, 0.25) is 0 Å². The average Bonchev–Trinajstić information content (AvgIpc) is 2.70. The van der Waals surface area contributed by atoms with Crippen molar-refractivity contribution in [2.45, 2.75) is 44.8 Å². The number of nitrogens with one attached hydrogen (secondary N) is 2. The molecule has 0 spiro atoms. The summed E-state index contributed by atoms with van der Waals surface area (Å²) in [6, 6.07) is 0.416. The molecule has 1 aliphatic carbocycles. The van der Waals surface area contributed by atoms with Crippen LogP contribution in [0.25, 0.3) is 0 Å². The van der Waals surface area contributed by atoms with Crippen molar-refractivity contribution in [3.8, 4) is 0 Å². The largest absolute Gasteiger partial charge is 0.380 e. The molecule has 0 aromatic heterocycles. The van der Waals surface area contributed by atoms with E-state index in [-0.39, 0.29) is 12.0 Å². The normalized spacial score (nSPS) is 19.1. The molecule has 88 valence electrons. The fourth-order valence-corrected chi connectivity index (χ4v) is 1.82. The summed E-state index contributed by atoms with van der Waals surface area (Å²) in [5, 5.41) is 6.10. The number of rotatable bonds is 6. The number of methoxy groups -OCH3 is 1. The van der Waals surface area contributed by atoms with Crippen molar-refractivity contribution in [1.82, 2.24) is 10.6 Å². The van der Waals surface area contributed by atoms with Crippen molar-refractivity contribution in [1.29, 1.82) is 0 Å².